The van der Waals surface area contributed by atoms with Crippen molar-refractivity contribution in [2.45, 2.75) is 0 Å². The highest BCUT2D eigenvalue weighted by molar-refractivity contribution is 14.1. The highest BCUT2D eigenvalue weighted by Gasteiger charge is 2.20. The maximum Gasteiger partial charge on any atom is 0.273 e. The minimum absolute atomic E-state index is 0.158. The first-order valence-corrected chi connectivity index (χ1v) is 7.06. The predicted octanol–water partition coefficient (Wildman–Crippen LogP) is 1.95. The Morgan fingerprint density at radius 2 is 2.00 bits per heavy atom. The van der Waals surface area contributed by atoms with Crippen LogP contribution in [0.2, 0.25) is 0 Å². The molecule has 1 aliphatic heterocycles. The molecular formula is C10H6I2N2O2S. The van der Waals surface area contributed by atoms with Crippen molar-refractivity contribution in [3.05, 3.63) is 30.5 Å². The lowest BCUT2D eigenvalue weighted by atomic mass is 10.1. The molecule has 0 radical (unpaired) electrons. The summed E-state index contributed by atoms with van der Waals surface area (Å²) in [5, 5.41) is 15.4. The van der Waals surface area contributed by atoms with Crippen LogP contribution < -0.4 is 10.6 Å². The van der Waals surface area contributed by atoms with Gasteiger partial charge in [0.1, 0.15) is 11.4 Å². The maximum absolute atomic E-state index is 11.5. The van der Waals surface area contributed by atoms with Crippen LogP contribution in [0.4, 0.5) is 0 Å². The molecule has 4 nitrogen and oxygen atoms in total. The summed E-state index contributed by atoms with van der Waals surface area (Å²) < 4.78 is 1.72. The van der Waals surface area contributed by atoms with Crippen molar-refractivity contribution < 1.29 is 9.90 Å². The Labute approximate surface area is 130 Å². The molecule has 2 rings (SSSR count). The number of rotatable bonds is 1. The van der Waals surface area contributed by atoms with Gasteiger partial charge in [-0.2, -0.15) is 0 Å². The molecule has 17 heavy (non-hydrogen) atoms. The molecule has 0 bridgehead atoms. The minimum atomic E-state index is -0.289. The number of carbonyl (C=O) groups excluding carboxylic acids is 1. The second-order valence-electron chi connectivity index (χ2n) is 3.29. The van der Waals surface area contributed by atoms with Crippen LogP contribution in [0.3, 0.4) is 0 Å². The Hall–Kier alpha value is -0.420. The molecule has 0 aliphatic carbocycles. The maximum atomic E-state index is 11.5. The number of phenolic OH excluding ortho intramolecular Hbond substituents is 1. The molecule has 0 unspecified atom stereocenters. The molecular weight excluding hydrogens is 466 g/mol. The third-order valence-corrected chi connectivity index (χ3v) is 3.73. The normalized spacial score (nSPS) is 17.2. The molecule has 1 aliphatic rings. The molecule has 0 saturated carbocycles. The summed E-state index contributed by atoms with van der Waals surface area (Å²) in [5.41, 5.74) is 0.923. The van der Waals surface area contributed by atoms with Gasteiger partial charge < -0.3 is 10.4 Å². The van der Waals surface area contributed by atoms with Crippen molar-refractivity contribution in [1.29, 1.82) is 0 Å². The average Bonchev–Trinajstić information content (AvgIpc) is 2.53. The number of carbonyl (C=O) groups is 1. The Kier molecular flexibility index (Phi) is 3.88. The van der Waals surface area contributed by atoms with E-state index in [9.17, 15) is 9.90 Å². The van der Waals surface area contributed by atoms with Crippen molar-refractivity contribution in [2.75, 3.05) is 0 Å². The van der Waals surface area contributed by atoms with Gasteiger partial charge in [0.05, 0.1) is 3.57 Å². The molecule has 1 amide bonds. The van der Waals surface area contributed by atoms with Crippen molar-refractivity contribution in [2.24, 2.45) is 0 Å². The van der Waals surface area contributed by atoms with Gasteiger partial charge in [0.15, 0.2) is 5.11 Å². The first-order valence-electron chi connectivity index (χ1n) is 4.49. The van der Waals surface area contributed by atoms with E-state index in [1.54, 1.807) is 12.1 Å². The van der Waals surface area contributed by atoms with Crippen LogP contribution in [0.15, 0.2) is 17.8 Å². The van der Waals surface area contributed by atoms with Crippen LogP contribution in [0.1, 0.15) is 5.56 Å². The van der Waals surface area contributed by atoms with Gasteiger partial charge in [0.2, 0.25) is 0 Å². The second-order valence-corrected chi connectivity index (χ2v) is 6.11. The van der Waals surface area contributed by atoms with E-state index in [2.05, 4.69) is 33.2 Å². The average molecular weight is 472 g/mol. The third kappa shape index (κ3) is 2.88. The van der Waals surface area contributed by atoms with E-state index >= 15 is 0 Å². The largest absolute Gasteiger partial charge is 0.506 e. The van der Waals surface area contributed by atoms with E-state index in [1.165, 1.54) is 0 Å². The van der Waals surface area contributed by atoms with Crippen molar-refractivity contribution in [1.82, 2.24) is 10.6 Å². The number of benzene rings is 1. The van der Waals surface area contributed by atoms with Gasteiger partial charge in [0, 0.05) is 9.13 Å². The summed E-state index contributed by atoms with van der Waals surface area (Å²) >= 11 is 9.02. The Bertz CT molecular complexity index is 557. The van der Waals surface area contributed by atoms with Crippen molar-refractivity contribution >= 4 is 74.5 Å². The number of amides is 1. The zero-order chi connectivity index (χ0) is 12.6. The third-order valence-electron chi connectivity index (χ3n) is 2.08. The zero-order valence-electron chi connectivity index (χ0n) is 8.25. The first kappa shape index (κ1) is 13.0. The molecule has 1 aromatic rings. The summed E-state index contributed by atoms with van der Waals surface area (Å²) in [6, 6.07) is 3.65. The monoisotopic (exact) mass is 472 g/mol. The lowest BCUT2D eigenvalue weighted by molar-refractivity contribution is -0.115. The topological polar surface area (TPSA) is 61.4 Å². The van der Waals surface area contributed by atoms with Crippen LogP contribution in [0, 0.1) is 7.14 Å². The molecule has 1 aromatic carbocycles. The molecule has 0 aromatic heterocycles. The van der Waals surface area contributed by atoms with Crippen LogP contribution in [0.25, 0.3) is 6.08 Å². The fourth-order valence-corrected chi connectivity index (χ4v) is 3.43. The van der Waals surface area contributed by atoms with Crippen LogP contribution in [-0.4, -0.2) is 16.1 Å². The molecule has 7 heteroatoms. The molecule has 0 spiro atoms. The first-order chi connectivity index (χ1) is 7.97. The van der Waals surface area contributed by atoms with Crippen LogP contribution >= 0.6 is 57.4 Å². The number of halogens is 2. The van der Waals surface area contributed by atoms with Gasteiger partial charge >= 0.3 is 0 Å². The van der Waals surface area contributed by atoms with Gasteiger partial charge in [-0.25, -0.2) is 0 Å². The predicted molar refractivity (Wildman–Crippen MR) is 85.4 cm³/mol. The molecule has 1 fully saturated rings. The van der Waals surface area contributed by atoms with Gasteiger partial charge in [-0.05, 0) is 75.6 Å². The highest BCUT2D eigenvalue weighted by atomic mass is 127. The highest BCUT2D eigenvalue weighted by Crippen LogP contribution is 2.28. The smallest absolute Gasteiger partial charge is 0.273 e. The number of nitrogens with one attached hydrogen (secondary N) is 2. The van der Waals surface area contributed by atoms with Crippen LogP contribution in [-0.2, 0) is 4.79 Å². The summed E-state index contributed by atoms with van der Waals surface area (Å²) in [6.45, 7) is 0. The minimum Gasteiger partial charge on any atom is -0.506 e. The number of phenols is 1. The second kappa shape index (κ2) is 5.06. The summed E-state index contributed by atoms with van der Waals surface area (Å²) in [5.74, 6) is -0.130. The number of hydrogen-bond donors (Lipinski definition) is 3. The molecule has 1 heterocycles. The van der Waals surface area contributed by atoms with E-state index in [4.69, 9.17) is 12.2 Å². The van der Waals surface area contributed by atoms with Gasteiger partial charge in [0.25, 0.3) is 5.91 Å². The van der Waals surface area contributed by atoms with Gasteiger partial charge in [-0.3, -0.25) is 10.1 Å². The fraction of sp³-hybridized carbons (Fsp3) is 0. The SMILES string of the molecule is O=C1NC(=S)N/C1=C\c1cc(I)cc(I)c1O. The van der Waals surface area contributed by atoms with E-state index in [-0.39, 0.29) is 16.8 Å². The Morgan fingerprint density at radius 1 is 1.29 bits per heavy atom. The van der Waals surface area contributed by atoms with E-state index in [1.807, 2.05) is 28.7 Å². The van der Waals surface area contributed by atoms with Crippen molar-refractivity contribution in [3.8, 4) is 5.75 Å². The van der Waals surface area contributed by atoms with E-state index < -0.39 is 0 Å². The quantitative estimate of drug-likeness (QED) is 0.333. The number of thiocarbonyl (C=S) groups is 1. The van der Waals surface area contributed by atoms with E-state index in [0.717, 1.165) is 7.14 Å². The molecule has 1 saturated heterocycles. The number of aromatic hydroxyl groups is 1. The standard InChI is InChI=1S/C10H6I2N2O2S/c11-5-1-4(8(15)6(12)3-5)2-7-9(16)14-10(17)13-7/h1-3,15H,(H2,13,14,16,17)/b7-2-. The lowest BCUT2D eigenvalue weighted by Crippen LogP contribution is -2.21. The Balaban J connectivity index is 2.46. The summed E-state index contributed by atoms with van der Waals surface area (Å²) in [7, 11) is 0. The molecule has 0 atom stereocenters. The van der Waals surface area contributed by atoms with Crippen molar-refractivity contribution in [3.63, 3.8) is 0 Å². The molecule has 3 N–H and O–H groups in total. The summed E-state index contributed by atoms with van der Waals surface area (Å²) in [6.07, 6.45) is 1.58. The fourth-order valence-electron chi connectivity index (χ4n) is 1.33. The zero-order valence-corrected chi connectivity index (χ0v) is 13.4. The van der Waals surface area contributed by atoms with Crippen LogP contribution in [0.5, 0.6) is 5.75 Å². The lowest BCUT2D eigenvalue weighted by Gasteiger charge is -2.04. The Morgan fingerprint density at radius 3 is 2.59 bits per heavy atom. The molecule has 88 valence electrons. The number of hydrogen-bond acceptors (Lipinski definition) is 3. The van der Waals surface area contributed by atoms with Gasteiger partial charge in [-0.15, -0.1) is 0 Å². The summed E-state index contributed by atoms with van der Waals surface area (Å²) in [4.78, 5) is 11.5. The van der Waals surface area contributed by atoms with E-state index in [0.29, 0.717) is 11.3 Å². The van der Waals surface area contributed by atoms with Gasteiger partial charge in [-0.1, -0.05) is 0 Å².